The fourth-order valence-electron chi connectivity index (χ4n) is 1.83. The van der Waals surface area contributed by atoms with Crippen LogP contribution in [0.4, 0.5) is 0 Å². The van der Waals surface area contributed by atoms with Gasteiger partial charge in [-0.2, -0.15) is 0 Å². The summed E-state index contributed by atoms with van der Waals surface area (Å²) < 4.78 is 1.13. The number of nitrogens with one attached hydrogen (secondary N) is 1. The van der Waals surface area contributed by atoms with Crippen molar-refractivity contribution in [3.05, 3.63) is 33.8 Å². The summed E-state index contributed by atoms with van der Waals surface area (Å²) in [4.78, 5) is 0. The normalized spacial score (nSPS) is 12.1. The van der Waals surface area contributed by atoms with E-state index in [9.17, 15) is 0 Å². The van der Waals surface area contributed by atoms with Crippen LogP contribution in [-0.4, -0.2) is 6.54 Å². The standard InChI is InChI=1S/C14H18BrN/c1-4-6-7-14(16-5-2)12-8-11(3)9-13(15)10-12/h1,8-10,14,16H,5-7H2,2-3H3. The van der Waals surface area contributed by atoms with Crippen molar-refractivity contribution in [1.29, 1.82) is 0 Å². The van der Waals surface area contributed by atoms with Crippen molar-refractivity contribution in [2.45, 2.75) is 32.7 Å². The molecule has 0 spiro atoms. The van der Waals surface area contributed by atoms with Gasteiger partial charge in [0.15, 0.2) is 0 Å². The summed E-state index contributed by atoms with van der Waals surface area (Å²) in [5, 5.41) is 3.47. The van der Waals surface area contributed by atoms with Gasteiger partial charge in [0.25, 0.3) is 0 Å². The lowest BCUT2D eigenvalue weighted by molar-refractivity contribution is 0.522. The van der Waals surface area contributed by atoms with Gasteiger partial charge < -0.3 is 5.32 Å². The third-order valence-corrected chi connectivity index (χ3v) is 2.95. The minimum absolute atomic E-state index is 0.359. The third kappa shape index (κ3) is 4.00. The van der Waals surface area contributed by atoms with Crippen molar-refractivity contribution >= 4 is 15.9 Å². The van der Waals surface area contributed by atoms with Gasteiger partial charge in [-0.05, 0) is 43.1 Å². The molecule has 1 N–H and O–H groups in total. The highest BCUT2D eigenvalue weighted by Crippen LogP contribution is 2.23. The summed E-state index contributed by atoms with van der Waals surface area (Å²) in [6.45, 7) is 5.19. The molecule has 0 aliphatic carbocycles. The molecule has 1 rings (SSSR count). The van der Waals surface area contributed by atoms with Gasteiger partial charge in [0.2, 0.25) is 0 Å². The molecule has 0 heterocycles. The van der Waals surface area contributed by atoms with Gasteiger partial charge in [0.05, 0.1) is 0 Å². The minimum atomic E-state index is 0.359. The van der Waals surface area contributed by atoms with Crippen molar-refractivity contribution in [3.8, 4) is 12.3 Å². The molecule has 2 heteroatoms. The molecule has 0 aromatic heterocycles. The summed E-state index contributed by atoms with van der Waals surface area (Å²) in [7, 11) is 0. The molecule has 0 aliphatic rings. The second-order valence-corrected chi connectivity index (χ2v) is 4.83. The second kappa shape index (κ2) is 6.73. The van der Waals surface area contributed by atoms with E-state index in [1.807, 2.05) is 0 Å². The van der Waals surface area contributed by atoms with Crippen molar-refractivity contribution in [2.24, 2.45) is 0 Å². The lowest BCUT2D eigenvalue weighted by Crippen LogP contribution is -2.20. The molecule has 0 radical (unpaired) electrons. The Morgan fingerprint density at radius 1 is 1.44 bits per heavy atom. The molecule has 1 aromatic carbocycles. The van der Waals surface area contributed by atoms with Gasteiger partial charge in [0.1, 0.15) is 0 Å². The third-order valence-electron chi connectivity index (χ3n) is 2.49. The molecule has 0 bridgehead atoms. The molecule has 1 unspecified atom stereocenters. The number of hydrogen-bond donors (Lipinski definition) is 1. The molecular formula is C14H18BrN. The maximum absolute atomic E-state index is 5.32. The fraction of sp³-hybridized carbons (Fsp3) is 0.429. The van der Waals surface area contributed by atoms with E-state index in [-0.39, 0.29) is 0 Å². The summed E-state index contributed by atoms with van der Waals surface area (Å²) in [5.74, 6) is 2.70. The van der Waals surface area contributed by atoms with Crippen LogP contribution in [0.15, 0.2) is 22.7 Å². The van der Waals surface area contributed by atoms with E-state index in [0.29, 0.717) is 6.04 Å². The van der Waals surface area contributed by atoms with Crippen LogP contribution in [0.3, 0.4) is 0 Å². The van der Waals surface area contributed by atoms with E-state index in [4.69, 9.17) is 6.42 Å². The second-order valence-electron chi connectivity index (χ2n) is 3.91. The molecule has 0 amide bonds. The van der Waals surface area contributed by atoms with Gasteiger partial charge in [-0.15, -0.1) is 12.3 Å². The average Bonchev–Trinajstić information content (AvgIpc) is 2.22. The Morgan fingerprint density at radius 3 is 2.75 bits per heavy atom. The van der Waals surface area contributed by atoms with Crippen LogP contribution >= 0.6 is 15.9 Å². The number of rotatable bonds is 5. The molecular weight excluding hydrogens is 262 g/mol. The van der Waals surface area contributed by atoms with Crippen LogP contribution in [0, 0.1) is 19.3 Å². The van der Waals surface area contributed by atoms with Gasteiger partial charge in [-0.3, -0.25) is 0 Å². The van der Waals surface area contributed by atoms with E-state index in [1.165, 1.54) is 11.1 Å². The highest BCUT2D eigenvalue weighted by molar-refractivity contribution is 9.10. The number of benzene rings is 1. The van der Waals surface area contributed by atoms with Crippen LogP contribution in [0.5, 0.6) is 0 Å². The van der Waals surface area contributed by atoms with Gasteiger partial charge >= 0.3 is 0 Å². The maximum Gasteiger partial charge on any atom is 0.0329 e. The van der Waals surface area contributed by atoms with Crippen molar-refractivity contribution in [3.63, 3.8) is 0 Å². The number of terminal acetylenes is 1. The van der Waals surface area contributed by atoms with Crippen molar-refractivity contribution in [1.82, 2.24) is 5.32 Å². The summed E-state index contributed by atoms with van der Waals surface area (Å²) in [5.41, 5.74) is 2.58. The Labute approximate surface area is 107 Å². The van der Waals surface area contributed by atoms with Crippen molar-refractivity contribution < 1.29 is 0 Å². The average molecular weight is 280 g/mol. The number of aryl methyl sites for hydroxylation is 1. The molecule has 0 saturated carbocycles. The van der Waals surface area contributed by atoms with Crippen LogP contribution in [-0.2, 0) is 0 Å². The van der Waals surface area contributed by atoms with E-state index in [2.05, 4.69) is 59.2 Å². The highest BCUT2D eigenvalue weighted by atomic mass is 79.9. The number of hydrogen-bond acceptors (Lipinski definition) is 1. The summed E-state index contributed by atoms with van der Waals surface area (Å²) >= 11 is 3.53. The maximum atomic E-state index is 5.32. The lowest BCUT2D eigenvalue weighted by atomic mass is 10.0. The first-order valence-electron chi connectivity index (χ1n) is 5.61. The van der Waals surface area contributed by atoms with E-state index in [1.54, 1.807) is 0 Å². The molecule has 1 atom stereocenters. The molecule has 0 fully saturated rings. The Bertz CT molecular complexity index is 359. The Balaban J connectivity index is 2.87. The lowest BCUT2D eigenvalue weighted by Gasteiger charge is -2.18. The zero-order valence-electron chi connectivity index (χ0n) is 9.89. The van der Waals surface area contributed by atoms with E-state index >= 15 is 0 Å². The zero-order valence-corrected chi connectivity index (χ0v) is 11.5. The highest BCUT2D eigenvalue weighted by Gasteiger charge is 2.10. The molecule has 1 nitrogen and oxygen atoms in total. The Kier molecular flexibility index (Phi) is 5.59. The van der Waals surface area contributed by atoms with E-state index < -0.39 is 0 Å². The molecule has 0 aliphatic heterocycles. The largest absolute Gasteiger partial charge is 0.310 e. The molecule has 1 aromatic rings. The van der Waals surface area contributed by atoms with Gasteiger partial charge in [0, 0.05) is 16.9 Å². The molecule has 0 saturated heterocycles. The Hall–Kier alpha value is -0.780. The summed E-state index contributed by atoms with van der Waals surface area (Å²) in [6, 6.07) is 6.86. The first-order valence-corrected chi connectivity index (χ1v) is 6.40. The first kappa shape index (κ1) is 13.3. The summed E-state index contributed by atoms with van der Waals surface area (Å²) in [6.07, 6.45) is 7.12. The predicted octanol–water partition coefficient (Wildman–Crippen LogP) is 3.82. The SMILES string of the molecule is C#CCCC(NCC)c1cc(C)cc(Br)c1. The molecule has 16 heavy (non-hydrogen) atoms. The fourth-order valence-corrected chi connectivity index (χ4v) is 2.45. The molecule has 86 valence electrons. The zero-order chi connectivity index (χ0) is 12.0. The first-order chi connectivity index (χ1) is 7.67. The van der Waals surface area contributed by atoms with Crippen LogP contribution in [0.25, 0.3) is 0 Å². The topological polar surface area (TPSA) is 12.0 Å². The monoisotopic (exact) mass is 279 g/mol. The van der Waals surface area contributed by atoms with Gasteiger partial charge in [-0.1, -0.05) is 28.9 Å². The van der Waals surface area contributed by atoms with Gasteiger partial charge in [-0.25, -0.2) is 0 Å². The number of halogens is 1. The minimum Gasteiger partial charge on any atom is -0.310 e. The van der Waals surface area contributed by atoms with Crippen LogP contribution in [0.1, 0.15) is 36.9 Å². The smallest absolute Gasteiger partial charge is 0.0329 e. The van der Waals surface area contributed by atoms with Crippen LogP contribution < -0.4 is 5.32 Å². The van der Waals surface area contributed by atoms with Crippen molar-refractivity contribution in [2.75, 3.05) is 6.54 Å². The predicted molar refractivity (Wildman–Crippen MR) is 73.4 cm³/mol. The van der Waals surface area contributed by atoms with Crippen LogP contribution in [0.2, 0.25) is 0 Å². The quantitative estimate of drug-likeness (QED) is 0.808. The Morgan fingerprint density at radius 2 is 2.19 bits per heavy atom. The van der Waals surface area contributed by atoms with E-state index in [0.717, 1.165) is 23.9 Å².